The minimum absolute atomic E-state index is 0.220. The molecule has 0 aromatic heterocycles. The van der Waals surface area contributed by atoms with Crippen molar-refractivity contribution in [3.63, 3.8) is 0 Å². The maximum absolute atomic E-state index is 12.6. The van der Waals surface area contributed by atoms with E-state index in [1.54, 1.807) is 18.2 Å². The summed E-state index contributed by atoms with van der Waals surface area (Å²) in [7, 11) is -4.75. The van der Waals surface area contributed by atoms with E-state index < -0.39 is 10.1 Å². The monoisotopic (exact) mass is 672 g/mol. The van der Waals surface area contributed by atoms with E-state index in [1.807, 2.05) is 0 Å². The van der Waals surface area contributed by atoms with Crippen LogP contribution in [0.2, 0.25) is 0 Å². The van der Waals surface area contributed by atoms with Gasteiger partial charge in [0.1, 0.15) is 16.7 Å². The van der Waals surface area contributed by atoms with Gasteiger partial charge in [0, 0.05) is 53.7 Å². The van der Waals surface area contributed by atoms with Crippen LogP contribution in [-0.2, 0) is 10.1 Å². The first kappa shape index (κ1) is 35.8. The second kappa shape index (κ2) is 15.8. The molecule has 1 aliphatic rings. The molecule has 254 valence electrons. The number of benzene rings is 4. The zero-order chi connectivity index (χ0) is 35.1. The molecule has 0 saturated carbocycles. The quantitative estimate of drug-likeness (QED) is 0.111. The Kier molecular flexibility index (Phi) is 11.5. The van der Waals surface area contributed by atoms with Gasteiger partial charge < -0.3 is 9.45 Å². The highest BCUT2D eigenvalue weighted by atomic mass is 32.2. The number of unbranched alkanes of at least 4 members (excludes halogenated alkanes) is 2. The lowest BCUT2D eigenvalue weighted by Crippen LogP contribution is -2.20. The van der Waals surface area contributed by atoms with Gasteiger partial charge in [-0.1, -0.05) is 75.2 Å². The molecular weight excluding hydrogens is 625 g/mol. The largest absolute Gasteiger partial charge is 0.744 e. The van der Waals surface area contributed by atoms with E-state index >= 15 is 0 Å². The fourth-order valence-corrected chi connectivity index (χ4v) is 7.28. The summed E-state index contributed by atoms with van der Waals surface area (Å²) >= 11 is 0. The number of aryl methyl sites for hydroxylation is 3. The molecule has 1 aliphatic carbocycles. The normalized spacial score (nSPS) is 15.2. The van der Waals surface area contributed by atoms with Crippen LogP contribution in [0.5, 0.6) is 0 Å². The van der Waals surface area contributed by atoms with Crippen LogP contribution in [0.1, 0.15) is 74.3 Å². The summed E-state index contributed by atoms with van der Waals surface area (Å²) in [6.07, 6.45) is 10.6. The van der Waals surface area contributed by atoms with Crippen LogP contribution in [0.4, 0.5) is 17.1 Å². The standard InChI is InChI=1S/C43H48N2O3S/c1-7-9-25-44(37-17-13-15-31(3)27-37)40-23-21-35(29-33(40)5)43(39-19-11-12-20-42(39)49(46,47)48)36-22-24-41(34(6)30-36)45(26-10-8-2)38-18-14-16-32(4)28-38/h11-24,27-30H,7-10,25-26H2,1-6H3. The molecule has 4 aromatic carbocycles. The van der Waals surface area contributed by atoms with Crippen molar-refractivity contribution in [1.82, 2.24) is 0 Å². The first-order valence-electron chi connectivity index (χ1n) is 17.3. The molecule has 5 rings (SSSR count). The molecule has 0 aliphatic heterocycles. The van der Waals surface area contributed by atoms with Crippen LogP contribution < -0.4 is 4.90 Å². The summed E-state index contributed by atoms with van der Waals surface area (Å²) in [6.45, 7) is 14.6. The maximum Gasteiger partial charge on any atom is 0.208 e. The van der Waals surface area contributed by atoms with Crippen LogP contribution in [0.3, 0.4) is 0 Å². The molecule has 0 heterocycles. The number of nitrogens with zero attached hydrogens (tertiary/aromatic N) is 2. The summed E-state index contributed by atoms with van der Waals surface area (Å²) in [5.74, 6) is 0. The number of hydrogen-bond donors (Lipinski definition) is 0. The smallest absolute Gasteiger partial charge is 0.208 e. The lowest BCUT2D eigenvalue weighted by molar-refractivity contribution is -0.440. The Labute approximate surface area is 293 Å². The molecule has 0 unspecified atom stereocenters. The van der Waals surface area contributed by atoms with Crippen LogP contribution >= 0.6 is 0 Å². The third-order valence-electron chi connectivity index (χ3n) is 9.08. The Bertz CT molecular complexity index is 2070. The zero-order valence-electron chi connectivity index (χ0n) is 29.7. The summed E-state index contributed by atoms with van der Waals surface area (Å²) in [4.78, 5) is 2.14. The Morgan fingerprint density at radius 1 is 0.776 bits per heavy atom. The van der Waals surface area contributed by atoms with Crippen molar-refractivity contribution in [1.29, 1.82) is 0 Å². The van der Waals surface area contributed by atoms with Gasteiger partial charge in [-0.3, -0.25) is 0 Å². The molecule has 0 radical (unpaired) electrons. The number of anilines is 2. The molecule has 0 spiro atoms. The van der Waals surface area contributed by atoms with Crippen molar-refractivity contribution >= 4 is 38.5 Å². The van der Waals surface area contributed by atoms with Crippen LogP contribution in [0.25, 0.3) is 5.57 Å². The molecule has 0 bridgehead atoms. The van der Waals surface area contributed by atoms with Crippen LogP contribution in [-0.4, -0.2) is 36.3 Å². The molecule has 0 saturated heterocycles. The molecule has 5 nitrogen and oxygen atoms in total. The maximum atomic E-state index is 12.6. The summed E-state index contributed by atoms with van der Waals surface area (Å²) in [5.41, 5.74) is 11.8. The third-order valence-corrected chi connectivity index (χ3v) is 9.97. The van der Waals surface area contributed by atoms with Gasteiger partial charge in [0.2, 0.25) is 11.4 Å². The van der Waals surface area contributed by atoms with Gasteiger partial charge in [0.25, 0.3) is 0 Å². The van der Waals surface area contributed by atoms with Gasteiger partial charge >= 0.3 is 0 Å². The summed E-state index contributed by atoms with van der Waals surface area (Å²) in [5, 5.41) is 0. The molecule has 0 fully saturated rings. The van der Waals surface area contributed by atoms with Crippen molar-refractivity contribution in [3.05, 3.63) is 148 Å². The molecule has 0 atom stereocenters. The third kappa shape index (κ3) is 8.38. The van der Waals surface area contributed by atoms with Crippen molar-refractivity contribution < 1.29 is 17.5 Å². The van der Waals surface area contributed by atoms with Crippen LogP contribution in [0.15, 0.2) is 125 Å². The summed E-state index contributed by atoms with van der Waals surface area (Å²) < 4.78 is 40.2. The lowest BCUT2D eigenvalue weighted by atomic mass is 9.88. The molecule has 49 heavy (non-hydrogen) atoms. The molecule has 4 aromatic rings. The highest BCUT2D eigenvalue weighted by Crippen LogP contribution is 2.38. The van der Waals surface area contributed by atoms with Crippen molar-refractivity contribution in [2.45, 2.75) is 72.1 Å². The predicted molar refractivity (Wildman–Crippen MR) is 203 cm³/mol. The number of rotatable bonds is 12. The summed E-state index contributed by atoms with van der Waals surface area (Å²) in [6, 6.07) is 30.0. The van der Waals surface area contributed by atoms with E-state index in [4.69, 9.17) is 0 Å². The van der Waals surface area contributed by atoms with Crippen molar-refractivity contribution in [3.8, 4) is 0 Å². The van der Waals surface area contributed by atoms with Crippen molar-refractivity contribution in [2.24, 2.45) is 0 Å². The number of hydrogen-bond acceptors (Lipinski definition) is 4. The first-order chi connectivity index (χ1) is 23.5. The fraction of sp³-hybridized carbons (Fsp3) is 0.279. The van der Waals surface area contributed by atoms with E-state index in [2.05, 4.69) is 136 Å². The second-order valence-corrected chi connectivity index (χ2v) is 14.4. The topological polar surface area (TPSA) is 63.5 Å². The Balaban J connectivity index is 1.71. The van der Waals surface area contributed by atoms with Gasteiger partial charge in [0.05, 0.1) is 4.90 Å². The highest BCUT2D eigenvalue weighted by Gasteiger charge is 2.24. The van der Waals surface area contributed by atoms with Gasteiger partial charge in [-0.15, -0.1) is 0 Å². The zero-order valence-corrected chi connectivity index (χ0v) is 30.5. The highest BCUT2D eigenvalue weighted by molar-refractivity contribution is 7.85. The van der Waals surface area contributed by atoms with E-state index in [9.17, 15) is 13.0 Å². The van der Waals surface area contributed by atoms with Crippen LogP contribution in [0, 0.1) is 20.8 Å². The molecular formula is C43H48N2O3S. The van der Waals surface area contributed by atoms with E-state index in [-0.39, 0.29) is 4.90 Å². The Morgan fingerprint density at radius 3 is 2.14 bits per heavy atom. The lowest BCUT2D eigenvalue weighted by Gasteiger charge is -2.28. The fourth-order valence-electron chi connectivity index (χ4n) is 6.60. The van der Waals surface area contributed by atoms with E-state index in [0.29, 0.717) is 11.1 Å². The van der Waals surface area contributed by atoms with Gasteiger partial charge in [-0.25, -0.2) is 8.42 Å². The average molecular weight is 673 g/mol. The molecule has 0 amide bonds. The molecule has 6 heteroatoms. The van der Waals surface area contributed by atoms with E-state index in [1.165, 1.54) is 17.2 Å². The van der Waals surface area contributed by atoms with E-state index in [0.717, 1.165) is 83.8 Å². The Morgan fingerprint density at radius 2 is 1.49 bits per heavy atom. The minimum Gasteiger partial charge on any atom is -0.744 e. The van der Waals surface area contributed by atoms with Gasteiger partial charge in [-0.2, -0.15) is 4.58 Å². The van der Waals surface area contributed by atoms with Crippen molar-refractivity contribution in [2.75, 3.05) is 18.0 Å². The van der Waals surface area contributed by atoms with Gasteiger partial charge in [-0.05, 0) is 110 Å². The van der Waals surface area contributed by atoms with Gasteiger partial charge in [0.15, 0.2) is 0 Å². The first-order valence-corrected chi connectivity index (χ1v) is 18.7. The molecule has 0 N–H and O–H groups in total. The predicted octanol–water partition coefficient (Wildman–Crippen LogP) is 10.4. The second-order valence-electron chi connectivity index (χ2n) is 13.0. The SMILES string of the molecule is CCCCN(c1cccc(C)c1)c1ccc(/C(=C2\C=CC(=[N+](CCCC)c3cccc(C)c3)C(C)=C2)c2ccccc2S(=O)(=O)[O-])cc1C. The average Bonchev–Trinajstić information content (AvgIpc) is 3.06. The number of allylic oxidation sites excluding steroid dienone is 5. The Hall–Kier alpha value is -4.52. The minimum atomic E-state index is -4.75.